The Morgan fingerprint density at radius 1 is 1.24 bits per heavy atom. The number of para-hydroxylation sites is 1. The van der Waals surface area contributed by atoms with E-state index in [0.717, 1.165) is 19.3 Å². The topological polar surface area (TPSA) is 84.1 Å². The van der Waals surface area contributed by atoms with Crippen molar-refractivity contribution < 1.29 is 9.53 Å². The number of benzene rings is 1. The minimum atomic E-state index is -0.201. The molecule has 0 saturated carbocycles. The third kappa shape index (κ3) is 6.31. The summed E-state index contributed by atoms with van der Waals surface area (Å²) in [5.74, 6) is 0.949. The van der Waals surface area contributed by atoms with Gasteiger partial charge in [-0.25, -0.2) is 4.98 Å². The Hall–Kier alpha value is -2.21. The zero-order valence-electron chi connectivity index (χ0n) is 15.2. The molecule has 136 valence electrons. The van der Waals surface area contributed by atoms with Crippen molar-refractivity contribution in [3.05, 3.63) is 40.4 Å². The van der Waals surface area contributed by atoms with Gasteiger partial charge in [0.25, 0.3) is 5.56 Å². The van der Waals surface area contributed by atoms with Crippen molar-refractivity contribution in [3.8, 4) is 0 Å². The Labute approximate surface area is 148 Å². The van der Waals surface area contributed by atoms with Gasteiger partial charge in [0, 0.05) is 6.04 Å². The summed E-state index contributed by atoms with van der Waals surface area (Å²) in [6.07, 6.45) is 3.23. The molecule has 0 fully saturated rings. The molecule has 1 amide bonds. The van der Waals surface area contributed by atoms with Crippen LogP contribution in [0, 0.1) is 5.92 Å². The fourth-order valence-electron chi connectivity index (χ4n) is 2.66. The highest BCUT2D eigenvalue weighted by atomic mass is 16.5. The largest absolute Gasteiger partial charge is 0.364 e. The third-order valence-electron chi connectivity index (χ3n) is 3.96. The lowest BCUT2D eigenvalue weighted by Gasteiger charge is -2.14. The summed E-state index contributed by atoms with van der Waals surface area (Å²) in [5.41, 5.74) is 0.417. The zero-order valence-corrected chi connectivity index (χ0v) is 15.2. The minimum absolute atomic E-state index is 0.0505. The summed E-state index contributed by atoms with van der Waals surface area (Å²) in [6.45, 7) is 6.44. The fraction of sp³-hybridized carbons (Fsp3) is 0.526. The summed E-state index contributed by atoms with van der Waals surface area (Å²) in [5, 5.41) is 3.47. The third-order valence-corrected chi connectivity index (χ3v) is 3.96. The van der Waals surface area contributed by atoms with E-state index in [1.807, 2.05) is 13.0 Å². The van der Waals surface area contributed by atoms with Crippen molar-refractivity contribution in [1.82, 2.24) is 15.3 Å². The molecule has 1 atom stereocenters. The van der Waals surface area contributed by atoms with Crippen LogP contribution in [-0.4, -0.2) is 28.5 Å². The molecule has 0 bridgehead atoms. The van der Waals surface area contributed by atoms with E-state index in [1.54, 1.807) is 18.2 Å². The average Bonchev–Trinajstić information content (AvgIpc) is 2.54. The first-order valence-corrected chi connectivity index (χ1v) is 8.80. The lowest BCUT2D eigenvalue weighted by atomic mass is 10.0. The second-order valence-corrected chi connectivity index (χ2v) is 6.82. The molecule has 0 saturated heterocycles. The van der Waals surface area contributed by atoms with Crippen LogP contribution in [0.15, 0.2) is 29.1 Å². The van der Waals surface area contributed by atoms with E-state index in [-0.39, 0.29) is 30.7 Å². The lowest BCUT2D eigenvalue weighted by molar-refractivity contribution is -0.126. The molecule has 2 rings (SSSR count). The van der Waals surface area contributed by atoms with E-state index < -0.39 is 0 Å². The van der Waals surface area contributed by atoms with Crippen molar-refractivity contribution in [2.75, 3.05) is 6.61 Å². The molecular formula is C19H27N3O3. The standard InChI is InChI=1S/C19H27N3O3/c1-13(2)7-6-8-14(3)20-18(23)12-25-11-17-21-16-10-5-4-9-15(16)19(24)22-17/h4-5,9-10,13-14H,6-8,11-12H2,1-3H3,(H,20,23)(H,21,22,24). The number of carbonyl (C=O) groups excluding carboxylic acids is 1. The number of ether oxygens (including phenoxy) is 1. The Morgan fingerprint density at radius 2 is 2.00 bits per heavy atom. The molecule has 1 unspecified atom stereocenters. The molecule has 6 heteroatoms. The number of nitrogens with zero attached hydrogens (tertiary/aromatic N) is 1. The second-order valence-electron chi connectivity index (χ2n) is 6.82. The molecule has 0 aliphatic rings. The summed E-state index contributed by atoms with van der Waals surface area (Å²) in [4.78, 5) is 30.9. The van der Waals surface area contributed by atoms with E-state index in [2.05, 4.69) is 29.1 Å². The summed E-state index contributed by atoms with van der Waals surface area (Å²) < 4.78 is 5.38. The Morgan fingerprint density at radius 3 is 2.76 bits per heavy atom. The molecule has 2 N–H and O–H groups in total. The van der Waals surface area contributed by atoms with Crippen LogP contribution in [0.2, 0.25) is 0 Å². The van der Waals surface area contributed by atoms with Crippen LogP contribution in [-0.2, 0) is 16.1 Å². The molecule has 1 aromatic carbocycles. The molecule has 0 aliphatic heterocycles. The van der Waals surface area contributed by atoms with Gasteiger partial charge in [-0.05, 0) is 31.4 Å². The molecule has 25 heavy (non-hydrogen) atoms. The summed E-state index contributed by atoms with van der Waals surface area (Å²) in [6, 6.07) is 7.25. The van der Waals surface area contributed by atoms with Crippen LogP contribution < -0.4 is 10.9 Å². The number of carbonyl (C=O) groups is 1. The number of amides is 1. The first kappa shape index (κ1) is 19.1. The van der Waals surface area contributed by atoms with Gasteiger partial charge in [-0.15, -0.1) is 0 Å². The van der Waals surface area contributed by atoms with Crippen LogP contribution in [0.25, 0.3) is 10.9 Å². The smallest absolute Gasteiger partial charge is 0.258 e. The lowest BCUT2D eigenvalue weighted by Crippen LogP contribution is -2.35. The van der Waals surface area contributed by atoms with Gasteiger partial charge >= 0.3 is 0 Å². The van der Waals surface area contributed by atoms with Crippen LogP contribution >= 0.6 is 0 Å². The van der Waals surface area contributed by atoms with Gasteiger partial charge < -0.3 is 15.0 Å². The van der Waals surface area contributed by atoms with E-state index in [1.165, 1.54) is 0 Å². The predicted molar refractivity (Wildman–Crippen MR) is 98.3 cm³/mol. The fourth-order valence-corrected chi connectivity index (χ4v) is 2.66. The van der Waals surface area contributed by atoms with Gasteiger partial charge in [-0.3, -0.25) is 9.59 Å². The SMILES string of the molecule is CC(C)CCCC(C)NC(=O)COCc1nc2ccccc2c(=O)[nH]1. The Balaban J connectivity index is 1.76. The summed E-state index contributed by atoms with van der Waals surface area (Å²) >= 11 is 0. The van der Waals surface area contributed by atoms with Crippen molar-refractivity contribution in [3.63, 3.8) is 0 Å². The number of nitrogens with one attached hydrogen (secondary N) is 2. The number of fused-ring (bicyclic) bond motifs is 1. The van der Waals surface area contributed by atoms with Gasteiger partial charge in [0.1, 0.15) is 19.0 Å². The van der Waals surface area contributed by atoms with Gasteiger partial charge in [0.05, 0.1) is 10.9 Å². The molecule has 6 nitrogen and oxygen atoms in total. The van der Waals surface area contributed by atoms with Crippen molar-refractivity contribution in [2.45, 2.75) is 52.7 Å². The van der Waals surface area contributed by atoms with E-state index >= 15 is 0 Å². The maximum atomic E-state index is 12.0. The van der Waals surface area contributed by atoms with E-state index in [4.69, 9.17) is 4.74 Å². The van der Waals surface area contributed by atoms with Gasteiger partial charge in [-0.2, -0.15) is 0 Å². The van der Waals surface area contributed by atoms with Gasteiger partial charge in [0.15, 0.2) is 0 Å². The predicted octanol–water partition coefficient (Wildman–Crippen LogP) is 2.77. The van der Waals surface area contributed by atoms with E-state index in [0.29, 0.717) is 22.6 Å². The second kappa shape index (κ2) is 9.32. The van der Waals surface area contributed by atoms with Gasteiger partial charge in [0.2, 0.25) is 5.91 Å². The van der Waals surface area contributed by atoms with E-state index in [9.17, 15) is 9.59 Å². The maximum Gasteiger partial charge on any atom is 0.258 e. The summed E-state index contributed by atoms with van der Waals surface area (Å²) in [7, 11) is 0. The number of hydrogen-bond donors (Lipinski definition) is 2. The first-order chi connectivity index (χ1) is 12.0. The van der Waals surface area contributed by atoms with Crippen LogP contribution in [0.5, 0.6) is 0 Å². The molecule has 1 aromatic heterocycles. The minimum Gasteiger partial charge on any atom is -0.364 e. The molecule has 0 aliphatic carbocycles. The molecule has 0 spiro atoms. The highest BCUT2D eigenvalue weighted by Crippen LogP contribution is 2.08. The Kier molecular flexibility index (Phi) is 7.13. The number of H-pyrrole nitrogens is 1. The monoisotopic (exact) mass is 345 g/mol. The van der Waals surface area contributed by atoms with Crippen LogP contribution in [0.3, 0.4) is 0 Å². The van der Waals surface area contributed by atoms with Crippen LogP contribution in [0.4, 0.5) is 0 Å². The highest BCUT2D eigenvalue weighted by Gasteiger charge is 2.09. The number of hydrogen-bond acceptors (Lipinski definition) is 4. The quantitative estimate of drug-likeness (QED) is 0.732. The molecule has 1 heterocycles. The molecule has 0 radical (unpaired) electrons. The molecular weight excluding hydrogens is 318 g/mol. The average molecular weight is 345 g/mol. The molecule has 2 aromatic rings. The zero-order chi connectivity index (χ0) is 18.2. The van der Waals surface area contributed by atoms with Crippen LogP contribution in [0.1, 0.15) is 45.9 Å². The van der Waals surface area contributed by atoms with Crippen molar-refractivity contribution in [2.24, 2.45) is 5.92 Å². The van der Waals surface area contributed by atoms with Gasteiger partial charge in [-0.1, -0.05) is 38.8 Å². The number of aromatic amines is 1. The first-order valence-electron chi connectivity index (χ1n) is 8.80. The normalized spacial score (nSPS) is 12.5. The number of rotatable bonds is 9. The maximum absolute atomic E-state index is 12.0. The highest BCUT2D eigenvalue weighted by molar-refractivity contribution is 5.77. The number of aromatic nitrogens is 2. The Bertz CT molecular complexity index is 755. The van der Waals surface area contributed by atoms with Crippen molar-refractivity contribution >= 4 is 16.8 Å². The van der Waals surface area contributed by atoms with Crippen molar-refractivity contribution in [1.29, 1.82) is 0 Å².